The Morgan fingerprint density at radius 3 is 2.33 bits per heavy atom. The van der Waals surface area contributed by atoms with Crippen molar-refractivity contribution >= 4 is 23.9 Å². The molecule has 8 heteroatoms. The first-order chi connectivity index (χ1) is 11.5. The molecule has 1 aromatic heterocycles. The second kappa shape index (κ2) is 6.31. The zero-order valence-electron chi connectivity index (χ0n) is 12.7. The van der Waals surface area contributed by atoms with Crippen LogP contribution in [0.25, 0.3) is 6.08 Å². The molecule has 24 heavy (non-hydrogen) atoms. The average molecular weight is 333 g/mol. The maximum Gasteiger partial charge on any atom is 0.433 e. The largest absolute Gasteiger partial charge is 0.433 e. The molecule has 0 aromatic carbocycles. The molecule has 2 aliphatic rings. The van der Waals surface area contributed by atoms with E-state index in [0.29, 0.717) is 12.8 Å². The van der Waals surface area contributed by atoms with Crippen LogP contribution in [0, 0.1) is 10.1 Å². The Hall–Kier alpha value is -2.90. The minimum absolute atomic E-state index is 0.219. The van der Waals surface area contributed by atoms with Crippen molar-refractivity contribution in [3.05, 3.63) is 45.7 Å². The predicted molar refractivity (Wildman–Crippen MR) is 80.5 cm³/mol. The molecule has 126 valence electrons. The third-order valence-electron chi connectivity index (χ3n) is 3.93. The Bertz CT molecular complexity index is 715. The van der Waals surface area contributed by atoms with Crippen molar-refractivity contribution in [2.45, 2.75) is 37.9 Å². The Labute approximate surface area is 136 Å². The van der Waals surface area contributed by atoms with E-state index in [4.69, 9.17) is 13.9 Å². The van der Waals surface area contributed by atoms with Gasteiger partial charge in [0.25, 0.3) is 5.79 Å². The van der Waals surface area contributed by atoms with Crippen LogP contribution in [0.3, 0.4) is 0 Å². The highest BCUT2D eigenvalue weighted by molar-refractivity contribution is 6.15. The van der Waals surface area contributed by atoms with E-state index in [9.17, 15) is 19.7 Å². The number of carbonyl (C=O) groups excluding carboxylic acids is 2. The Morgan fingerprint density at radius 2 is 1.75 bits per heavy atom. The van der Waals surface area contributed by atoms with E-state index in [1.165, 1.54) is 30.4 Å². The van der Waals surface area contributed by atoms with Gasteiger partial charge in [0, 0.05) is 12.8 Å². The van der Waals surface area contributed by atoms with Crippen molar-refractivity contribution in [1.82, 2.24) is 0 Å². The van der Waals surface area contributed by atoms with E-state index in [0.717, 1.165) is 19.3 Å². The van der Waals surface area contributed by atoms with Gasteiger partial charge in [-0.1, -0.05) is 12.5 Å². The molecule has 1 saturated carbocycles. The van der Waals surface area contributed by atoms with Crippen molar-refractivity contribution in [3.8, 4) is 0 Å². The summed E-state index contributed by atoms with van der Waals surface area (Å²) < 4.78 is 15.6. The number of carbonyl (C=O) groups is 2. The van der Waals surface area contributed by atoms with E-state index in [2.05, 4.69) is 0 Å². The zero-order chi connectivity index (χ0) is 17.2. The minimum Gasteiger partial charge on any atom is -0.419 e. The van der Waals surface area contributed by atoms with Gasteiger partial charge < -0.3 is 13.9 Å². The Balaban J connectivity index is 1.71. The third-order valence-corrected chi connectivity index (χ3v) is 3.93. The minimum atomic E-state index is -1.12. The van der Waals surface area contributed by atoms with Gasteiger partial charge in [0.15, 0.2) is 0 Å². The summed E-state index contributed by atoms with van der Waals surface area (Å²) in [6.45, 7) is 0. The monoisotopic (exact) mass is 333 g/mol. The van der Waals surface area contributed by atoms with Crippen molar-refractivity contribution in [2.24, 2.45) is 0 Å². The van der Waals surface area contributed by atoms with Gasteiger partial charge in [-0.3, -0.25) is 10.1 Å². The summed E-state index contributed by atoms with van der Waals surface area (Å²) in [6.07, 6.45) is 7.76. The standard InChI is InChI=1S/C16H15NO7/c18-14-12(6-4-5-11-7-8-13(22-11)17(20)21)15(19)24-16(23-14)9-2-1-3-10-16/h4-8H,1-3,9-10H2/b5-4+. The molecular formula is C16H15NO7. The summed E-state index contributed by atoms with van der Waals surface area (Å²) in [5, 5.41) is 10.5. The summed E-state index contributed by atoms with van der Waals surface area (Å²) in [5.41, 5.74) is -0.219. The Kier molecular flexibility index (Phi) is 4.20. The fourth-order valence-electron chi connectivity index (χ4n) is 2.75. The number of esters is 2. The van der Waals surface area contributed by atoms with Crippen LogP contribution in [0.15, 0.2) is 34.3 Å². The SMILES string of the molecule is O=C1OC2(CCCCC2)OC(=O)C1=C/C=C/c1ccc([N+](=O)[O-])o1. The molecule has 1 saturated heterocycles. The molecule has 0 N–H and O–H groups in total. The van der Waals surface area contributed by atoms with Crippen LogP contribution in [0.2, 0.25) is 0 Å². The molecular weight excluding hydrogens is 318 g/mol. The topological polar surface area (TPSA) is 109 Å². The molecule has 0 unspecified atom stereocenters. The fourth-order valence-corrected chi connectivity index (χ4v) is 2.75. The second-order valence-corrected chi connectivity index (χ2v) is 5.62. The molecule has 8 nitrogen and oxygen atoms in total. The first-order valence-electron chi connectivity index (χ1n) is 7.58. The van der Waals surface area contributed by atoms with Gasteiger partial charge in [-0.2, -0.15) is 0 Å². The molecule has 0 amide bonds. The number of ether oxygens (including phenoxy) is 2. The van der Waals surface area contributed by atoms with E-state index in [1.807, 2.05) is 0 Å². The summed E-state index contributed by atoms with van der Waals surface area (Å²) in [4.78, 5) is 34.0. The summed E-state index contributed by atoms with van der Waals surface area (Å²) in [6, 6.07) is 2.62. The van der Waals surface area contributed by atoms with Crippen LogP contribution in [0.5, 0.6) is 0 Å². The van der Waals surface area contributed by atoms with Crippen LogP contribution >= 0.6 is 0 Å². The van der Waals surface area contributed by atoms with Crippen LogP contribution < -0.4 is 0 Å². The molecule has 1 aromatic rings. The maximum absolute atomic E-state index is 12.1. The van der Waals surface area contributed by atoms with Gasteiger partial charge in [-0.15, -0.1) is 0 Å². The number of nitro groups is 1. The second-order valence-electron chi connectivity index (χ2n) is 5.62. The zero-order valence-corrected chi connectivity index (χ0v) is 12.7. The number of nitrogens with zero attached hydrogens (tertiary/aromatic N) is 1. The quantitative estimate of drug-likeness (QED) is 0.275. The van der Waals surface area contributed by atoms with Gasteiger partial charge in [0.2, 0.25) is 0 Å². The molecule has 1 spiro atoms. The predicted octanol–water partition coefficient (Wildman–Crippen LogP) is 2.89. The molecule has 1 aliphatic carbocycles. The molecule has 0 atom stereocenters. The first kappa shape index (κ1) is 16.0. The van der Waals surface area contributed by atoms with Crippen LogP contribution in [0.4, 0.5) is 5.88 Å². The molecule has 2 fully saturated rings. The molecule has 2 heterocycles. The highest BCUT2D eigenvalue weighted by Gasteiger charge is 2.46. The van der Waals surface area contributed by atoms with Gasteiger partial charge in [0.1, 0.15) is 16.3 Å². The number of allylic oxidation sites excluding steroid dienone is 2. The number of furan rings is 1. The fraction of sp³-hybridized carbons (Fsp3) is 0.375. The van der Waals surface area contributed by atoms with E-state index in [-0.39, 0.29) is 11.3 Å². The average Bonchev–Trinajstić information content (AvgIpc) is 3.00. The van der Waals surface area contributed by atoms with Gasteiger partial charge >= 0.3 is 17.8 Å². The summed E-state index contributed by atoms with van der Waals surface area (Å²) in [5.74, 6) is -2.72. The molecule has 3 rings (SSSR count). The molecule has 0 radical (unpaired) electrons. The van der Waals surface area contributed by atoms with Crippen LogP contribution in [-0.4, -0.2) is 22.6 Å². The number of hydrogen-bond acceptors (Lipinski definition) is 7. The van der Waals surface area contributed by atoms with E-state index < -0.39 is 28.5 Å². The summed E-state index contributed by atoms with van der Waals surface area (Å²) in [7, 11) is 0. The van der Waals surface area contributed by atoms with Crippen molar-refractivity contribution in [1.29, 1.82) is 0 Å². The van der Waals surface area contributed by atoms with E-state index in [1.54, 1.807) is 0 Å². The maximum atomic E-state index is 12.1. The van der Waals surface area contributed by atoms with E-state index >= 15 is 0 Å². The highest BCUT2D eigenvalue weighted by Crippen LogP contribution is 2.36. The van der Waals surface area contributed by atoms with Crippen LogP contribution in [0.1, 0.15) is 37.9 Å². The third kappa shape index (κ3) is 3.22. The lowest BCUT2D eigenvalue weighted by Gasteiger charge is -2.38. The van der Waals surface area contributed by atoms with Crippen molar-refractivity contribution in [3.63, 3.8) is 0 Å². The molecule has 1 aliphatic heterocycles. The van der Waals surface area contributed by atoms with Gasteiger partial charge in [-0.25, -0.2) is 9.59 Å². The smallest absolute Gasteiger partial charge is 0.419 e. The lowest BCUT2D eigenvalue weighted by Crippen LogP contribution is -2.47. The van der Waals surface area contributed by atoms with Crippen LogP contribution in [-0.2, 0) is 19.1 Å². The van der Waals surface area contributed by atoms with Gasteiger partial charge in [-0.05, 0) is 31.1 Å². The molecule has 0 bridgehead atoms. The lowest BCUT2D eigenvalue weighted by atomic mass is 9.93. The first-order valence-corrected chi connectivity index (χ1v) is 7.58. The highest BCUT2D eigenvalue weighted by atomic mass is 16.7. The number of hydrogen-bond donors (Lipinski definition) is 0. The normalized spacial score (nSPS) is 20.1. The Morgan fingerprint density at radius 1 is 1.08 bits per heavy atom. The van der Waals surface area contributed by atoms with Gasteiger partial charge in [0.05, 0.1) is 6.07 Å². The van der Waals surface area contributed by atoms with Crippen molar-refractivity contribution in [2.75, 3.05) is 0 Å². The summed E-state index contributed by atoms with van der Waals surface area (Å²) >= 11 is 0. The number of rotatable bonds is 3. The van der Waals surface area contributed by atoms with Crippen molar-refractivity contribution < 1.29 is 28.4 Å². The lowest BCUT2D eigenvalue weighted by molar-refractivity contribution is -0.402.